The quantitative estimate of drug-likeness (QED) is 0.879. The molecule has 0 radical (unpaired) electrons. The number of hydrogen-bond acceptors (Lipinski definition) is 3. The van der Waals surface area contributed by atoms with E-state index in [0.717, 1.165) is 5.56 Å². The predicted molar refractivity (Wildman–Crippen MR) is 62.9 cm³/mol. The van der Waals surface area contributed by atoms with Crippen LogP contribution < -0.4 is 10.5 Å². The molecule has 17 heavy (non-hydrogen) atoms. The zero-order valence-electron chi connectivity index (χ0n) is 9.27. The molecule has 0 aliphatic rings. The molecule has 0 aliphatic carbocycles. The maximum atomic E-state index is 13.5. The number of nitrogens with two attached hydrogens (primary N) is 1. The van der Waals surface area contributed by atoms with E-state index in [-0.39, 0.29) is 18.1 Å². The summed E-state index contributed by atoms with van der Waals surface area (Å²) in [4.78, 5) is 3.90. The van der Waals surface area contributed by atoms with Crippen LogP contribution in [0.15, 0.2) is 42.7 Å². The van der Waals surface area contributed by atoms with Gasteiger partial charge in [-0.2, -0.15) is 0 Å². The van der Waals surface area contributed by atoms with Gasteiger partial charge in [0.1, 0.15) is 6.61 Å². The molecule has 2 rings (SSSR count). The summed E-state index contributed by atoms with van der Waals surface area (Å²) >= 11 is 0. The molecule has 0 spiro atoms. The Bertz CT molecular complexity index is 488. The van der Waals surface area contributed by atoms with E-state index < -0.39 is 0 Å². The van der Waals surface area contributed by atoms with E-state index in [1.54, 1.807) is 24.5 Å². The van der Waals surface area contributed by atoms with Crippen LogP contribution in [0.3, 0.4) is 0 Å². The Morgan fingerprint density at radius 2 is 1.94 bits per heavy atom. The number of pyridine rings is 1. The van der Waals surface area contributed by atoms with Gasteiger partial charge < -0.3 is 10.5 Å². The minimum atomic E-state index is -0.387. The second kappa shape index (κ2) is 5.41. The molecule has 0 bridgehead atoms. The topological polar surface area (TPSA) is 48.1 Å². The molecule has 88 valence electrons. The van der Waals surface area contributed by atoms with Crippen molar-refractivity contribution in [3.05, 3.63) is 59.7 Å². The third-order valence-corrected chi connectivity index (χ3v) is 2.40. The predicted octanol–water partition coefficient (Wildman–Crippen LogP) is 2.26. The fourth-order valence-corrected chi connectivity index (χ4v) is 1.51. The highest BCUT2D eigenvalue weighted by molar-refractivity contribution is 5.35. The minimum Gasteiger partial charge on any atom is -0.485 e. The fourth-order valence-electron chi connectivity index (χ4n) is 1.51. The molecule has 2 aromatic rings. The van der Waals surface area contributed by atoms with E-state index in [1.165, 1.54) is 6.07 Å². The summed E-state index contributed by atoms with van der Waals surface area (Å²) in [6, 6.07) is 8.38. The average Bonchev–Trinajstić information content (AvgIpc) is 2.38. The molecule has 1 heterocycles. The van der Waals surface area contributed by atoms with Crippen LogP contribution >= 0.6 is 0 Å². The van der Waals surface area contributed by atoms with Gasteiger partial charge in [-0.15, -0.1) is 0 Å². The largest absolute Gasteiger partial charge is 0.485 e. The van der Waals surface area contributed by atoms with Crippen LogP contribution in [0.2, 0.25) is 0 Å². The van der Waals surface area contributed by atoms with Gasteiger partial charge in [-0.3, -0.25) is 4.98 Å². The van der Waals surface area contributed by atoms with Crippen molar-refractivity contribution >= 4 is 0 Å². The molecule has 4 heteroatoms. The van der Waals surface area contributed by atoms with Gasteiger partial charge in [0.05, 0.1) is 0 Å². The molecule has 0 aliphatic heterocycles. The zero-order chi connectivity index (χ0) is 12.1. The molecule has 2 N–H and O–H groups in total. The first kappa shape index (κ1) is 11.5. The standard InChI is InChI=1S/C13H13FN2O/c14-12-3-1-2-11(8-15)13(12)17-9-10-4-6-16-7-5-10/h1-7H,8-9,15H2. The van der Waals surface area contributed by atoms with Crippen LogP contribution in [0.5, 0.6) is 5.75 Å². The van der Waals surface area contributed by atoms with Crippen LogP contribution in [0.4, 0.5) is 4.39 Å². The third-order valence-electron chi connectivity index (χ3n) is 2.40. The lowest BCUT2D eigenvalue weighted by Gasteiger charge is -2.11. The Morgan fingerprint density at radius 3 is 2.65 bits per heavy atom. The molecule has 1 aromatic carbocycles. The SMILES string of the molecule is NCc1cccc(F)c1OCc1ccncc1. The highest BCUT2D eigenvalue weighted by Gasteiger charge is 2.08. The van der Waals surface area contributed by atoms with Crippen LogP contribution in [0.1, 0.15) is 11.1 Å². The van der Waals surface area contributed by atoms with Gasteiger partial charge in [-0.05, 0) is 23.8 Å². The van der Waals surface area contributed by atoms with Crippen LogP contribution in [0.25, 0.3) is 0 Å². The molecule has 3 nitrogen and oxygen atoms in total. The van der Waals surface area contributed by atoms with Crippen molar-refractivity contribution < 1.29 is 9.13 Å². The monoisotopic (exact) mass is 232 g/mol. The van der Waals surface area contributed by atoms with Crippen LogP contribution in [-0.2, 0) is 13.2 Å². The molecular formula is C13H13FN2O. The Balaban J connectivity index is 2.14. The van der Waals surface area contributed by atoms with E-state index in [2.05, 4.69) is 4.98 Å². The van der Waals surface area contributed by atoms with Gasteiger partial charge in [-0.25, -0.2) is 4.39 Å². The molecule has 0 saturated carbocycles. The van der Waals surface area contributed by atoms with Crippen molar-refractivity contribution in [1.82, 2.24) is 4.98 Å². The van der Waals surface area contributed by atoms with E-state index >= 15 is 0 Å². The third kappa shape index (κ3) is 2.79. The summed E-state index contributed by atoms with van der Waals surface area (Å²) in [6.07, 6.45) is 3.34. The maximum Gasteiger partial charge on any atom is 0.165 e. The first-order valence-corrected chi connectivity index (χ1v) is 5.30. The van der Waals surface area contributed by atoms with Crippen molar-refractivity contribution in [3.63, 3.8) is 0 Å². The van der Waals surface area contributed by atoms with Gasteiger partial charge >= 0.3 is 0 Å². The summed E-state index contributed by atoms with van der Waals surface area (Å²) in [5.74, 6) is -0.159. The smallest absolute Gasteiger partial charge is 0.165 e. The van der Waals surface area contributed by atoms with Crippen molar-refractivity contribution in [2.24, 2.45) is 5.73 Å². The summed E-state index contributed by atoms with van der Waals surface area (Å²) in [5.41, 5.74) is 7.13. The molecule has 0 unspecified atom stereocenters. The van der Waals surface area contributed by atoms with Crippen LogP contribution in [-0.4, -0.2) is 4.98 Å². The van der Waals surface area contributed by atoms with E-state index in [0.29, 0.717) is 12.2 Å². The average molecular weight is 232 g/mol. The zero-order valence-corrected chi connectivity index (χ0v) is 9.27. The van der Waals surface area contributed by atoms with Gasteiger partial charge in [0.15, 0.2) is 11.6 Å². The number of rotatable bonds is 4. The van der Waals surface area contributed by atoms with Gasteiger partial charge in [0.2, 0.25) is 0 Å². The highest BCUT2D eigenvalue weighted by Crippen LogP contribution is 2.23. The number of ether oxygens (including phenoxy) is 1. The highest BCUT2D eigenvalue weighted by atomic mass is 19.1. The maximum absolute atomic E-state index is 13.5. The van der Waals surface area contributed by atoms with E-state index in [4.69, 9.17) is 10.5 Å². The fraction of sp³-hybridized carbons (Fsp3) is 0.154. The number of benzene rings is 1. The van der Waals surface area contributed by atoms with Crippen molar-refractivity contribution in [2.45, 2.75) is 13.2 Å². The van der Waals surface area contributed by atoms with Crippen LogP contribution in [0, 0.1) is 5.82 Å². The first-order chi connectivity index (χ1) is 8.31. The van der Waals surface area contributed by atoms with Crippen molar-refractivity contribution in [1.29, 1.82) is 0 Å². The lowest BCUT2D eigenvalue weighted by molar-refractivity contribution is 0.287. The molecule has 0 atom stereocenters. The Kier molecular flexibility index (Phi) is 3.67. The Morgan fingerprint density at radius 1 is 1.18 bits per heavy atom. The molecule has 0 saturated heterocycles. The van der Waals surface area contributed by atoms with Gasteiger partial charge in [0.25, 0.3) is 0 Å². The number of nitrogens with zero attached hydrogens (tertiary/aromatic N) is 1. The molecule has 1 aromatic heterocycles. The number of halogens is 1. The lowest BCUT2D eigenvalue weighted by Crippen LogP contribution is -2.04. The summed E-state index contributed by atoms with van der Waals surface area (Å²) < 4.78 is 19.0. The number of aromatic nitrogens is 1. The second-order valence-corrected chi connectivity index (χ2v) is 3.58. The summed E-state index contributed by atoms with van der Waals surface area (Å²) in [6.45, 7) is 0.555. The number of hydrogen-bond donors (Lipinski definition) is 1. The summed E-state index contributed by atoms with van der Waals surface area (Å²) in [5, 5.41) is 0. The second-order valence-electron chi connectivity index (χ2n) is 3.58. The van der Waals surface area contributed by atoms with E-state index in [9.17, 15) is 4.39 Å². The molecule has 0 fully saturated rings. The van der Waals surface area contributed by atoms with Gasteiger partial charge in [0, 0.05) is 24.5 Å². The summed E-state index contributed by atoms with van der Waals surface area (Å²) in [7, 11) is 0. The van der Waals surface area contributed by atoms with Crippen molar-refractivity contribution in [3.8, 4) is 5.75 Å². The Labute approximate surface area is 99.1 Å². The molecule has 0 amide bonds. The Hall–Kier alpha value is -1.94. The lowest BCUT2D eigenvalue weighted by atomic mass is 10.2. The minimum absolute atomic E-state index is 0.229. The normalized spacial score (nSPS) is 10.2. The van der Waals surface area contributed by atoms with E-state index in [1.807, 2.05) is 12.1 Å². The van der Waals surface area contributed by atoms with Gasteiger partial charge in [-0.1, -0.05) is 12.1 Å². The van der Waals surface area contributed by atoms with Crippen molar-refractivity contribution in [2.75, 3.05) is 0 Å². The molecular weight excluding hydrogens is 219 g/mol. The first-order valence-electron chi connectivity index (χ1n) is 5.30. The number of para-hydroxylation sites is 1.